The predicted octanol–water partition coefficient (Wildman–Crippen LogP) is 1.11. The smallest absolute Gasteiger partial charge is 0.309 e. The third-order valence-corrected chi connectivity index (χ3v) is 4.82. The van der Waals surface area contributed by atoms with Crippen LogP contribution < -0.4 is 0 Å². The Balaban J connectivity index is 1.94. The van der Waals surface area contributed by atoms with Crippen LogP contribution in [0.4, 0.5) is 0 Å². The van der Waals surface area contributed by atoms with Crippen molar-refractivity contribution in [2.24, 2.45) is 29.6 Å². The Bertz CT molecular complexity index is 276. The molecule has 4 unspecified atom stereocenters. The maximum atomic E-state index is 11.1. The fourth-order valence-electron chi connectivity index (χ4n) is 4.23. The fourth-order valence-corrected chi connectivity index (χ4v) is 4.23. The van der Waals surface area contributed by atoms with Crippen molar-refractivity contribution in [3.8, 4) is 0 Å². The summed E-state index contributed by atoms with van der Waals surface area (Å²) in [5, 5.41) is 19.1. The van der Waals surface area contributed by atoms with E-state index in [1.54, 1.807) is 0 Å². The van der Waals surface area contributed by atoms with Crippen molar-refractivity contribution in [2.75, 3.05) is 0 Å². The zero-order valence-electron chi connectivity index (χ0n) is 8.10. The summed E-state index contributed by atoms with van der Waals surface area (Å²) in [6, 6.07) is 0. The molecular formula is C11H16O3. The molecule has 5 fully saturated rings. The first-order chi connectivity index (χ1) is 6.68. The molecule has 0 heterocycles. The molecule has 78 valence electrons. The molecule has 0 aromatic rings. The summed E-state index contributed by atoms with van der Waals surface area (Å²) < 4.78 is 0. The van der Waals surface area contributed by atoms with Crippen LogP contribution in [-0.4, -0.2) is 22.3 Å². The molecule has 0 aliphatic heterocycles. The van der Waals surface area contributed by atoms with Crippen LogP contribution in [0.2, 0.25) is 0 Å². The van der Waals surface area contributed by atoms with E-state index in [0.717, 1.165) is 12.8 Å². The second-order valence-electron chi connectivity index (χ2n) is 5.25. The Morgan fingerprint density at radius 1 is 1.07 bits per heavy atom. The molecule has 0 radical (unpaired) electrons. The molecular weight excluding hydrogens is 180 g/mol. The van der Waals surface area contributed by atoms with Gasteiger partial charge in [0.2, 0.25) is 0 Å². The van der Waals surface area contributed by atoms with E-state index in [9.17, 15) is 9.90 Å². The fraction of sp³-hybridized carbons (Fsp3) is 0.909. The minimum atomic E-state index is -0.780. The van der Waals surface area contributed by atoms with Gasteiger partial charge in [-0.05, 0) is 49.4 Å². The predicted molar refractivity (Wildman–Crippen MR) is 49.6 cm³/mol. The van der Waals surface area contributed by atoms with E-state index in [2.05, 4.69) is 0 Å². The van der Waals surface area contributed by atoms with Crippen molar-refractivity contribution in [3.63, 3.8) is 0 Å². The first kappa shape index (κ1) is 8.72. The molecule has 0 amide bonds. The summed E-state index contributed by atoms with van der Waals surface area (Å²) in [5.74, 6) is 0.532. The van der Waals surface area contributed by atoms with Crippen LogP contribution in [0, 0.1) is 29.6 Å². The summed E-state index contributed by atoms with van der Waals surface area (Å²) in [6.45, 7) is 0. The molecule has 4 bridgehead atoms. The molecule has 5 aliphatic rings. The van der Waals surface area contributed by atoms with Crippen molar-refractivity contribution in [2.45, 2.75) is 31.8 Å². The van der Waals surface area contributed by atoms with E-state index in [4.69, 9.17) is 5.11 Å². The van der Waals surface area contributed by atoms with Crippen LogP contribution in [-0.2, 0) is 4.79 Å². The van der Waals surface area contributed by atoms with Gasteiger partial charge in [-0.15, -0.1) is 0 Å². The number of fused-ring (bicyclic) bond motifs is 2. The van der Waals surface area contributed by atoms with Gasteiger partial charge in [0.05, 0.1) is 12.0 Å². The van der Waals surface area contributed by atoms with E-state index in [-0.39, 0.29) is 5.92 Å². The number of carboxylic acid groups (broad SMARTS) is 1. The van der Waals surface area contributed by atoms with Crippen molar-refractivity contribution < 1.29 is 15.0 Å². The first-order valence-electron chi connectivity index (χ1n) is 5.59. The average molecular weight is 196 g/mol. The maximum Gasteiger partial charge on any atom is 0.309 e. The summed E-state index contributed by atoms with van der Waals surface area (Å²) in [4.78, 5) is 11.1. The van der Waals surface area contributed by atoms with E-state index in [1.807, 2.05) is 0 Å². The second kappa shape index (κ2) is 2.72. The van der Waals surface area contributed by atoms with Gasteiger partial charge in [0, 0.05) is 0 Å². The second-order valence-corrected chi connectivity index (χ2v) is 5.25. The van der Waals surface area contributed by atoms with Gasteiger partial charge in [-0.3, -0.25) is 4.79 Å². The standard InChI is InChI=1S/C11H16O3/c12-10-8-4-5-1-2-6(8)3-7(5)9(10)11(13)14/h5-10,12H,1-4H2,(H,13,14)/t5?,6?,7?,8?,9-,10+/m1/s1. The highest BCUT2D eigenvalue weighted by molar-refractivity contribution is 5.71. The lowest BCUT2D eigenvalue weighted by atomic mass is 9.48. The molecule has 2 N–H and O–H groups in total. The lowest BCUT2D eigenvalue weighted by Gasteiger charge is -2.57. The van der Waals surface area contributed by atoms with Gasteiger partial charge in [0.25, 0.3) is 0 Å². The summed E-state index contributed by atoms with van der Waals surface area (Å²) in [5.41, 5.74) is 0. The molecule has 14 heavy (non-hydrogen) atoms. The van der Waals surface area contributed by atoms with Gasteiger partial charge in [0.1, 0.15) is 0 Å². The van der Waals surface area contributed by atoms with Gasteiger partial charge < -0.3 is 10.2 Å². The van der Waals surface area contributed by atoms with Gasteiger partial charge in [0.15, 0.2) is 0 Å². The lowest BCUT2D eigenvalue weighted by molar-refractivity contribution is -0.179. The lowest BCUT2D eigenvalue weighted by Crippen LogP contribution is -2.57. The first-order valence-corrected chi connectivity index (χ1v) is 5.59. The van der Waals surface area contributed by atoms with Gasteiger partial charge in [-0.1, -0.05) is 0 Å². The van der Waals surface area contributed by atoms with Crippen molar-refractivity contribution in [1.82, 2.24) is 0 Å². The van der Waals surface area contributed by atoms with Crippen LogP contribution in [0.1, 0.15) is 25.7 Å². The highest BCUT2D eigenvalue weighted by atomic mass is 16.4. The number of rotatable bonds is 1. The Labute approximate surface area is 83.1 Å². The number of hydrogen-bond acceptors (Lipinski definition) is 2. The van der Waals surface area contributed by atoms with Crippen LogP contribution >= 0.6 is 0 Å². The van der Waals surface area contributed by atoms with E-state index in [0.29, 0.717) is 17.8 Å². The number of hydrogen-bond donors (Lipinski definition) is 2. The third kappa shape index (κ3) is 0.937. The Morgan fingerprint density at radius 3 is 2.14 bits per heavy atom. The molecule has 5 saturated carbocycles. The zero-order chi connectivity index (χ0) is 9.87. The average Bonchev–Trinajstić information content (AvgIpc) is 2.17. The number of aliphatic hydroxyl groups excluding tert-OH is 1. The topological polar surface area (TPSA) is 57.5 Å². The Hall–Kier alpha value is -0.570. The van der Waals surface area contributed by atoms with Crippen molar-refractivity contribution >= 4 is 5.97 Å². The molecule has 6 atom stereocenters. The van der Waals surface area contributed by atoms with Crippen LogP contribution in [0.5, 0.6) is 0 Å². The van der Waals surface area contributed by atoms with Gasteiger partial charge in [-0.2, -0.15) is 0 Å². The number of aliphatic hydroxyl groups is 1. The molecule has 0 spiro atoms. The highest BCUT2D eigenvalue weighted by Crippen LogP contribution is 2.58. The highest BCUT2D eigenvalue weighted by Gasteiger charge is 2.57. The zero-order valence-corrected chi connectivity index (χ0v) is 8.10. The van der Waals surface area contributed by atoms with Crippen LogP contribution in [0.3, 0.4) is 0 Å². The third-order valence-electron chi connectivity index (χ3n) is 4.82. The Morgan fingerprint density at radius 2 is 1.64 bits per heavy atom. The summed E-state index contributed by atoms with van der Waals surface area (Å²) in [6.07, 6.45) is 3.99. The van der Waals surface area contributed by atoms with E-state index in [1.165, 1.54) is 12.8 Å². The normalized spacial score (nSPS) is 54.9. The van der Waals surface area contributed by atoms with Crippen molar-refractivity contribution in [3.05, 3.63) is 0 Å². The van der Waals surface area contributed by atoms with E-state index >= 15 is 0 Å². The van der Waals surface area contributed by atoms with Gasteiger partial charge in [-0.25, -0.2) is 0 Å². The van der Waals surface area contributed by atoms with Gasteiger partial charge >= 0.3 is 5.97 Å². The summed E-state index contributed by atoms with van der Waals surface area (Å²) in [7, 11) is 0. The molecule has 5 rings (SSSR count). The van der Waals surface area contributed by atoms with Crippen LogP contribution in [0.25, 0.3) is 0 Å². The minimum absolute atomic E-state index is 0.270. The molecule has 0 saturated heterocycles. The quantitative estimate of drug-likeness (QED) is 0.660. The van der Waals surface area contributed by atoms with E-state index < -0.39 is 18.0 Å². The molecule has 0 aromatic heterocycles. The maximum absolute atomic E-state index is 11.1. The molecule has 3 heteroatoms. The number of aliphatic carboxylic acids is 1. The monoisotopic (exact) mass is 196 g/mol. The molecule has 3 nitrogen and oxygen atoms in total. The molecule has 0 aromatic carbocycles. The van der Waals surface area contributed by atoms with Crippen LogP contribution in [0.15, 0.2) is 0 Å². The number of carbonyl (C=O) groups is 1. The summed E-state index contributed by atoms with van der Waals surface area (Å²) >= 11 is 0. The SMILES string of the molecule is O=C(O)[C@@H]1C2CC3CCC2CC3[C@@H]1O. The molecule has 5 aliphatic carbocycles. The minimum Gasteiger partial charge on any atom is -0.481 e. The number of carboxylic acids is 1. The Kier molecular flexibility index (Phi) is 1.69. The van der Waals surface area contributed by atoms with Crippen molar-refractivity contribution in [1.29, 1.82) is 0 Å². The largest absolute Gasteiger partial charge is 0.481 e.